The van der Waals surface area contributed by atoms with E-state index in [-0.39, 0.29) is 18.1 Å². The molecule has 2 heterocycles. The zero-order chi connectivity index (χ0) is 16.2. The van der Waals surface area contributed by atoms with Gasteiger partial charge < -0.3 is 14.2 Å². The first-order valence-electron chi connectivity index (χ1n) is 8.10. The maximum absolute atomic E-state index is 12.9. The predicted molar refractivity (Wildman–Crippen MR) is 89.0 cm³/mol. The van der Waals surface area contributed by atoms with Crippen LogP contribution in [-0.2, 0) is 9.53 Å². The van der Waals surface area contributed by atoms with E-state index in [4.69, 9.17) is 4.74 Å². The number of nitrogens with zero attached hydrogens (tertiary/aromatic N) is 3. The third kappa shape index (κ3) is 3.29. The number of benzene rings is 1. The molecule has 122 valence electrons. The summed E-state index contributed by atoms with van der Waals surface area (Å²) in [6.45, 7) is 3.42. The average Bonchev–Trinajstić information content (AvgIpc) is 3.11. The number of methoxy groups -OCH3 is 1. The van der Waals surface area contributed by atoms with Gasteiger partial charge in [-0.05, 0) is 19.8 Å². The van der Waals surface area contributed by atoms with E-state index < -0.39 is 0 Å². The van der Waals surface area contributed by atoms with Crippen LogP contribution in [0.1, 0.15) is 25.8 Å². The molecule has 0 saturated carbocycles. The predicted octanol–water partition coefficient (Wildman–Crippen LogP) is 2.75. The summed E-state index contributed by atoms with van der Waals surface area (Å²) in [5.74, 6) is 0.952. The van der Waals surface area contributed by atoms with Crippen LogP contribution in [0.4, 0.5) is 0 Å². The Morgan fingerprint density at radius 2 is 2.13 bits per heavy atom. The van der Waals surface area contributed by atoms with Gasteiger partial charge in [-0.15, -0.1) is 0 Å². The number of amides is 1. The van der Waals surface area contributed by atoms with Crippen molar-refractivity contribution in [1.82, 2.24) is 14.5 Å². The zero-order valence-corrected chi connectivity index (χ0v) is 13.7. The van der Waals surface area contributed by atoms with Crippen molar-refractivity contribution < 1.29 is 9.53 Å². The van der Waals surface area contributed by atoms with E-state index in [0.29, 0.717) is 6.54 Å². The molecule has 0 radical (unpaired) electrons. The SMILES string of the molecule is CO[C@@H]1CCCN(C(=O)[C@@H](C)n2ccnc2-c2ccccc2)C1. The van der Waals surface area contributed by atoms with E-state index in [1.54, 1.807) is 13.3 Å². The molecule has 0 unspecified atom stereocenters. The van der Waals surface area contributed by atoms with Gasteiger partial charge in [0.05, 0.1) is 6.10 Å². The summed E-state index contributed by atoms with van der Waals surface area (Å²) < 4.78 is 7.37. The van der Waals surface area contributed by atoms with Gasteiger partial charge in [-0.2, -0.15) is 0 Å². The molecule has 1 aromatic heterocycles. The molecule has 0 N–H and O–H groups in total. The number of likely N-dealkylation sites (tertiary alicyclic amines) is 1. The average molecular weight is 313 g/mol. The highest BCUT2D eigenvalue weighted by Crippen LogP contribution is 2.23. The van der Waals surface area contributed by atoms with Gasteiger partial charge in [-0.3, -0.25) is 4.79 Å². The summed E-state index contributed by atoms with van der Waals surface area (Å²) in [5.41, 5.74) is 1.02. The minimum absolute atomic E-state index is 0.127. The molecule has 1 amide bonds. The lowest BCUT2D eigenvalue weighted by Crippen LogP contribution is -2.45. The van der Waals surface area contributed by atoms with Crippen molar-refractivity contribution in [1.29, 1.82) is 0 Å². The summed E-state index contributed by atoms with van der Waals surface area (Å²) in [6, 6.07) is 9.69. The first-order valence-corrected chi connectivity index (χ1v) is 8.10. The number of imidazole rings is 1. The molecule has 0 spiro atoms. The minimum Gasteiger partial charge on any atom is -0.380 e. The van der Waals surface area contributed by atoms with Crippen molar-refractivity contribution >= 4 is 5.91 Å². The van der Waals surface area contributed by atoms with Crippen LogP contribution >= 0.6 is 0 Å². The van der Waals surface area contributed by atoms with Crippen LogP contribution in [0.5, 0.6) is 0 Å². The first-order chi connectivity index (χ1) is 11.2. The van der Waals surface area contributed by atoms with E-state index >= 15 is 0 Å². The summed E-state index contributed by atoms with van der Waals surface area (Å²) in [7, 11) is 1.71. The van der Waals surface area contributed by atoms with E-state index in [1.807, 2.05) is 52.9 Å². The van der Waals surface area contributed by atoms with Crippen LogP contribution in [0.25, 0.3) is 11.4 Å². The van der Waals surface area contributed by atoms with Gasteiger partial charge in [-0.25, -0.2) is 4.98 Å². The molecule has 1 fully saturated rings. The summed E-state index contributed by atoms with van der Waals surface area (Å²) in [6.07, 6.45) is 5.79. The lowest BCUT2D eigenvalue weighted by atomic mass is 10.1. The molecule has 0 bridgehead atoms. The molecule has 1 aliphatic rings. The van der Waals surface area contributed by atoms with Crippen molar-refractivity contribution in [3.8, 4) is 11.4 Å². The number of hydrogen-bond acceptors (Lipinski definition) is 3. The van der Waals surface area contributed by atoms with Gasteiger partial charge in [0.2, 0.25) is 5.91 Å². The van der Waals surface area contributed by atoms with Crippen molar-refractivity contribution in [2.24, 2.45) is 0 Å². The van der Waals surface area contributed by atoms with Crippen LogP contribution in [0.3, 0.4) is 0 Å². The number of ether oxygens (including phenoxy) is 1. The lowest BCUT2D eigenvalue weighted by Gasteiger charge is -2.34. The molecule has 3 rings (SSSR count). The normalized spacial score (nSPS) is 19.6. The van der Waals surface area contributed by atoms with Crippen molar-refractivity contribution in [3.63, 3.8) is 0 Å². The summed E-state index contributed by atoms with van der Waals surface area (Å²) in [5, 5.41) is 0. The Kier molecular flexibility index (Phi) is 4.76. The van der Waals surface area contributed by atoms with Gasteiger partial charge >= 0.3 is 0 Å². The number of piperidine rings is 1. The number of rotatable bonds is 4. The second-order valence-corrected chi connectivity index (χ2v) is 5.98. The van der Waals surface area contributed by atoms with Crippen molar-refractivity contribution in [3.05, 3.63) is 42.7 Å². The highest BCUT2D eigenvalue weighted by molar-refractivity contribution is 5.81. The fourth-order valence-electron chi connectivity index (χ4n) is 3.15. The molecule has 1 aromatic carbocycles. The third-order valence-corrected chi connectivity index (χ3v) is 4.50. The maximum atomic E-state index is 12.9. The summed E-state index contributed by atoms with van der Waals surface area (Å²) >= 11 is 0. The fourth-order valence-corrected chi connectivity index (χ4v) is 3.15. The zero-order valence-electron chi connectivity index (χ0n) is 13.7. The van der Waals surface area contributed by atoms with E-state index in [0.717, 1.165) is 30.8 Å². The van der Waals surface area contributed by atoms with Gasteiger partial charge in [0.1, 0.15) is 11.9 Å². The number of hydrogen-bond donors (Lipinski definition) is 0. The lowest BCUT2D eigenvalue weighted by molar-refractivity contribution is -0.137. The molecular formula is C18H23N3O2. The van der Waals surface area contributed by atoms with Gasteiger partial charge in [-0.1, -0.05) is 30.3 Å². The Morgan fingerprint density at radius 3 is 2.87 bits per heavy atom. The Hall–Kier alpha value is -2.14. The van der Waals surface area contributed by atoms with Crippen LogP contribution in [0, 0.1) is 0 Å². The smallest absolute Gasteiger partial charge is 0.245 e. The van der Waals surface area contributed by atoms with Gasteiger partial charge in [0.25, 0.3) is 0 Å². The molecule has 1 aliphatic heterocycles. The molecule has 2 atom stereocenters. The summed E-state index contributed by atoms with van der Waals surface area (Å²) in [4.78, 5) is 19.2. The Bertz CT molecular complexity index is 653. The maximum Gasteiger partial charge on any atom is 0.245 e. The van der Waals surface area contributed by atoms with Gasteiger partial charge in [0, 0.05) is 38.2 Å². The quantitative estimate of drug-likeness (QED) is 0.872. The minimum atomic E-state index is -0.275. The Labute approximate surface area is 136 Å². The van der Waals surface area contributed by atoms with E-state index in [9.17, 15) is 4.79 Å². The molecule has 5 heteroatoms. The van der Waals surface area contributed by atoms with Crippen LogP contribution in [0.15, 0.2) is 42.7 Å². The molecule has 2 aromatic rings. The van der Waals surface area contributed by atoms with Crippen LogP contribution in [0.2, 0.25) is 0 Å². The standard InChI is InChI=1S/C18H23N3O2/c1-14(18(22)20-11-6-9-16(13-20)23-2)21-12-10-19-17(21)15-7-4-3-5-8-15/h3-5,7-8,10,12,14,16H,6,9,11,13H2,1-2H3/t14-,16-/m1/s1. The molecule has 1 saturated heterocycles. The van der Waals surface area contributed by atoms with E-state index in [1.165, 1.54) is 0 Å². The second-order valence-electron chi connectivity index (χ2n) is 5.98. The first kappa shape index (κ1) is 15.7. The molecule has 5 nitrogen and oxygen atoms in total. The monoisotopic (exact) mass is 313 g/mol. The number of carbonyl (C=O) groups excluding carboxylic acids is 1. The van der Waals surface area contributed by atoms with Crippen LogP contribution in [-0.4, -0.2) is 46.7 Å². The topological polar surface area (TPSA) is 47.4 Å². The highest BCUT2D eigenvalue weighted by atomic mass is 16.5. The largest absolute Gasteiger partial charge is 0.380 e. The number of carbonyl (C=O) groups is 1. The van der Waals surface area contributed by atoms with Crippen LogP contribution < -0.4 is 0 Å². The molecule has 0 aliphatic carbocycles. The number of aromatic nitrogens is 2. The van der Waals surface area contributed by atoms with Gasteiger partial charge in [0.15, 0.2) is 0 Å². The Balaban J connectivity index is 1.80. The fraction of sp³-hybridized carbons (Fsp3) is 0.444. The third-order valence-electron chi connectivity index (χ3n) is 4.50. The second kappa shape index (κ2) is 6.96. The highest BCUT2D eigenvalue weighted by Gasteiger charge is 2.28. The van der Waals surface area contributed by atoms with E-state index in [2.05, 4.69) is 4.98 Å². The van der Waals surface area contributed by atoms with Crippen molar-refractivity contribution in [2.45, 2.75) is 31.9 Å². The Morgan fingerprint density at radius 1 is 1.35 bits per heavy atom. The molecular weight excluding hydrogens is 290 g/mol. The molecule has 23 heavy (non-hydrogen) atoms. The van der Waals surface area contributed by atoms with Crippen molar-refractivity contribution in [2.75, 3.05) is 20.2 Å².